The third-order valence-corrected chi connectivity index (χ3v) is 2.56. The maximum absolute atomic E-state index is 11.1. The minimum absolute atomic E-state index is 0.147. The van der Waals surface area contributed by atoms with Crippen molar-refractivity contribution in [3.05, 3.63) is 27.6 Å². The molecule has 1 rings (SSSR count). The van der Waals surface area contributed by atoms with Crippen molar-refractivity contribution in [2.24, 2.45) is 5.73 Å². The second-order valence-corrected chi connectivity index (χ2v) is 3.79. The van der Waals surface area contributed by atoms with Crippen molar-refractivity contribution in [3.8, 4) is 0 Å². The molecule has 1 aromatic heterocycles. The molecule has 0 saturated carbocycles. The highest BCUT2D eigenvalue weighted by molar-refractivity contribution is 7.11. The van der Waals surface area contributed by atoms with Crippen molar-refractivity contribution in [1.82, 2.24) is 0 Å². The zero-order chi connectivity index (χ0) is 10.6. The van der Waals surface area contributed by atoms with Crippen molar-refractivity contribution in [2.75, 3.05) is 6.61 Å². The van der Waals surface area contributed by atoms with Crippen LogP contribution in [0.4, 0.5) is 0 Å². The first-order valence-electron chi connectivity index (χ1n) is 4.33. The standard InChI is InChI=1S/C10H13NO2S/c1-3-13-10(12)9(11)5-8-4-7(2)6-14-8/h4-6H,3,11H2,1-2H3/b9-5+. The average Bonchev–Trinajstić information content (AvgIpc) is 2.51. The highest BCUT2D eigenvalue weighted by Crippen LogP contribution is 2.16. The molecule has 0 spiro atoms. The molecule has 4 heteroatoms. The van der Waals surface area contributed by atoms with Gasteiger partial charge in [-0.2, -0.15) is 0 Å². The molecule has 0 radical (unpaired) electrons. The van der Waals surface area contributed by atoms with Crippen molar-refractivity contribution >= 4 is 23.4 Å². The monoisotopic (exact) mass is 211 g/mol. The predicted molar refractivity (Wildman–Crippen MR) is 57.9 cm³/mol. The van der Waals surface area contributed by atoms with Crippen LogP contribution in [-0.4, -0.2) is 12.6 Å². The van der Waals surface area contributed by atoms with Crippen LogP contribution in [0.15, 0.2) is 17.1 Å². The molecule has 1 heterocycles. The van der Waals surface area contributed by atoms with Crippen LogP contribution in [0.5, 0.6) is 0 Å². The van der Waals surface area contributed by atoms with Gasteiger partial charge < -0.3 is 10.5 Å². The van der Waals surface area contributed by atoms with E-state index >= 15 is 0 Å². The molecule has 0 bridgehead atoms. The van der Waals surface area contributed by atoms with Gasteiger partial charge in [-0.15, -0.1) is 11.3 Å². The van der Waals surface area contributed by atoms with Crippen LogP contribution >= 0.6 is 11.3 Å². The number of hydrogen-bond donors (Lipinski definition) is 1. The van der Waals surface area contributed by atoms with Crippen molar-refractivity contribution in [3.63, 3.8) is 0 Å². The summed E-state index contributed by atoms with van der Waals surface area (Å²) in [5.41, 5.74) is 6.85. The van der Waals surface area contributed by atoms with E-state index < -0.39 is 5.97 Å². The Labute approximate surface area is 87.2 Å². The molecule has 76 valence electrons. The minimum Gasteiger partial charge on any atom is -0.461 e. The number of esters is 1. The zero-order valence-electron chi connectivity index (χ0n) is 8.24. The van der Waals surface area contributed by atoms with Crippen LogP contribution in [-0.2, 0) is 9.53 Å². The lowest BCUT2D eigenvalue weighted by atomic mass is 10.3. The summed E-state index contributed by atoms with van der Waals surface area (Å²) in [6.45, 7) is 4.09. The second kappa shape index (κ2) is 4.81. The van der Waals surface area contributed by atoms with E-state index in [9.17, 15) is 4.79 Å². The highest BCUT2D eigenvalue weighted by atomic mass is 32.1. The lowest BCUT2D eigenvalue weighted by Gasteiger charge is -1.99. The molecule has 0 aliphatic carbocycles. The third kappa shape index (κ3) is 2.88. The first-order valence-corrected chi connectivity index (χ1v) is 5.21. The van der Waals surface area contributed by atoms with Crippen LogP contribution < -0.4 is 5.73 Å². The molecule has 1 aromatic rings. The molecular formula is C10H13NO2S. The number of carbonyl (C=O) groups excluding carboxylic acids is 1. The van der Waals surface area contributed by atoms with Gasteiger partial charge >= 0.3 is 5.97 Å². The molecule has 0 amide bonds. The van der Waals surface area contributed by atoms with Gasteiger partial charge in [0.1, 0.15) is 5.70 Å². The first-order chi connectivity index (χ1) is 6.63. The Morgan fingerprint density at radius 1 is 1.71 bits per heavy atom. The number of hydrogen-bond acceptors (Lipinski definition) is 4. The summed E-state index contributed by atoms with van der Waals surface area (Å²) in [6, 6.07) is 1.97. The number of rotatable bonds is 3. The van der Waals surface area contributed by atoms with E-state index in [1.54, 1.807) is 24.3 Å². The minimum atomic E-state index is -0.460. The molecule has 0 aliphatic rings. The second-order valence-electron chi connectivity index (χ2n) is 2.85. The maximum atomic E-state index is 11.1. The topological polar surface area (TPSA) is 52.3 Å². The lowest BCUT2D eigenvalue weighted by molar-refractivity contribution is -0.138. The van der Waals surface area contributed by atoms with E-state index in [-0.39, 0.29) is 5.70 Å². The van der Waals surface area contributed by atoms with Gasteiger partial charge in [-0.3, -0.25) is 0 Å². The molecule has 0 saturated heterocycles. The van der Waals surface area contributed by atoms with Crippen LogP contribution in [0.3, 0.4) is 0 Å². The highest BCUT2D eigenvalue weighted by Gasteiger charge is 2.05. The normalized spacial score (nSPS) is 11.4. The largest absolute Gasteiger partial charge is 0.461 e. The summed E-state index contributed by atoms with van der Waals surface area (Å²) < 4.78 is 4.76. The fraction of sp³-hybridized carbons (Fsp3) is 0.300. The van der Waals surface area contributed by atoms with E-state index in [2.05, 4.69) is 0 Å². The number of nitrogens with two attached hydrogens (primary N) is 1. The van der Waals surface area contributed by atoms with Gasteiger partial charge in [0, 0.05) is 4.88 Å². The van der Waals surface area contributed by atoms with E-state index in [1.807, 2.05) is 18.4 Å². The van der Waals surface area contributed by atoms with Crippen molar-refractivity contribution in [2.45, 2.75) is 13.8 Å². The van der Waals surface area contributed by atoms with E-state index in [4.69, 9.17) is 10.5 Å². The van der Waals surface area contributed by atoms with Crippen LogP contribution in [0, 0.1) is 6.92 Å². The lowest BCUT2D eigenvalue weighted by Crippen LogP contribution is -2.14. The van der Waals surface area contributed by atoms with Gasteiger partial charge in [-0.05, 0) is 36.9 Å². The Balaban J connectivity index is 2.73. The Kier molecular flexibility index (Phi) is 3.71. The van der Waals surface area contributed by atoms with E-state index in [0.717, 1.165) is 10.4 Å². The summed E-state index contributed by atoms with van der Waals surface area (Å²) >= 11 is 1.55. The van der Waals surface area contributed by atoms with Gasteiger partial charge in [0.25, 0.3) is 0 Å². The van der Waals surface area contributed by atoms with Crippen LogP contribution in [0.25, 0.3) is 6.08 Å². The van der Waals surface area contributed by atoms with Gasteiger partial charge in [0.2, 0.25) is 0 Å². The van der Waals surface area contributed by atoms with E-state index in [0.29, 0.717) is 6.61 Å². The maximum Gasteiger partial charge on any atom is 0.354 e. The van der Waals surface area contributed by atoms with Gasteiger partial charge in [-0.25, -0.2) is 4.79 Å². The fourth-order valence-corrected chi connectivity index (χ4v) is 1.79. The average molecular weight is 211 g/mol. The number of carbonyl (C=O) groups is 1. The number of thiophene rings is 1. The summed E-state index contributed by atoms with van der Waals surface area (Å²) in [5, 5.41) is 2.00. The fourth-order valence-electron chi connectivity index (χ4n) is 0.956. The Hall–Kier alpha value is -1.29. The summed E-state index contributed by atoms with van der Waals surface area (Å²) in [4.78, 5) is 12.1. The summed E-state index contributed by atoms with van der Waals surface area (Å²) in [5.74, 6) is -0.460. The molecular weight excluding hydrogens is 198 g/mol. The third-order valence-electron chi connectivity index (χ3n) is 1.56. The van der Waals surface area contributed by atoms with E-state index in [1.165, 1.54) is 0 Å². The molecule has 0 aliphatic heterocycles. The number of ether oxygens (including phenoxy) is 1. The Morgan fingerprint density at radius 3 is 2.93 bits per heavy atom. The Morgan fingerprint density at radius 2 is 2.43 bits per heavy atom. The first kappa shape index (κ1) is 10.8. The molecule has 0 fully saturated rings. The molecule has 0 unspecified atom stereocenters. The zero-order valence-corrected chi connectivity index (χ0v) is 9.06. The van der Waals surface area contributed by atoms with Crippen molar-refractivity contribution < 1.29 is 9.53 Å². The summed E-state index contributed by atoms with van der Waals surface area (Å²) in [7, 11) is 0. The molecule has 2 N–H and O–H groups in total. The van der Waals surface area contributed by atoms with Gasteiger partial charge in [-0.1, -0.05) is 0 Å². The molecule has 0 atom stereocenters. The quantitative estimate of drug-likeness (QED) is 0.614. The van der Waals surface area contributed by atoms with Crippen LogP contribution in [0.2, 0.25) is 0 Å². The van der Waals surface area contributed by atoms with Gasteiger partial charge in [0.15, 0.2) is 0 Å². The molecule has 0 aromatic carbocycles. The van der Waals surface area contributed by atoms with Gasteiger partial charge in [0.05, 0.1) is 6.61 Å². The smallest absolute Gasteiger partial charge is 0.354 e. The SMILES string of the molecule is CCOC(=O)/C(N)=C\c1cc(C)cs1. The molecule has 3 nitrogen and oxygen atoms in total. The number of aryl methyl sites for hydroxylation is 1. The Bertz CT molecular complexity index is 355. The predicted octanol–water partition coefficient (Wildman–Crippen LogP) is 1.92. The van der Waals surface area contributed by atoms with Crippen molar-refractivity contribution in [1.29, 1.82) is 0 Å². The summed E-state index contributed by atoms with van der Waals surface area (Å²) in [6.07, 6.45) is 1.63. The van der Waals surface area contributed by atoms with Crippen LogP contribution in [0.1, 0.15) is 17.4 Å². The molecule has 14 heavy (non-hydrogen) atoms.